The van der Waals surface area contributed by atoms with Crippen LogP contribution >= 0.6 is 0 Å². The molecule has 0 unspecified atom stereocenters. The molecular formula is C24H19FN2O4. The van der Waals surface area contributed by atoms with Crippen LogP contribution in [0.3, 0.4) is 0 Å². The van der Waals surface area contributed by atoms with Crippen LogP contribution in [0.2, 0.25) is 0 Å². The molecule has 0 spiro atoms. The minimum Gasteiger partial charge on any atom is -0.496 e. The van der Waals surface area contributed by atoms with Gasteiger partial charge in [0.1, 0.15) is 24.0 Å². The van der Waals surface area contributed by atoms with Crippen LogP contribution in [0.1, 0.15) is 21.7 Å². The number of esters is 1. The molecule has 31 heavy (non-hydrogen) atoms. The predicted octanol–water partition coefficient (Wildman–Crippen LogP) is 4.20. The normalized spacial score (nSPS) is 10.8. The minimum atomic E-state index is -0.571. The third-order valence-electron chi connectivity index (χ3n) is 4.91. The van der Waals surface area contributed by atoms with Crippen molar-refractivity contribution in [3.05, 3.63) is 99.9 Å². The minimum absolute atomic E-state index is 0.130. The van der Waals surface area contributed by atoms with Gasteiger partial charge in [0.2, 0.25) is 0 Å². The fraction of sp³-hybridized carbons (Fsp3) is 0.125. The third kappa shape index (κ3) is 4.02. The lowest BCUT2D eigenvalue weighted by Gasteiger charge is -2.12. The number of fused-ring (bicyclic) bond motifs is 1. The van der Waals surface area contributed by atoms with Gasteiger partial charge < -0.3 is 9.47 Å². The van der Waals surface area contributed by atoms with Gasteiger partial charge in [-0.25, -0.2) is 14.2 Å². The first kappa shape index (κ1) is 20.3. The zero-order valence-electron chi connectivity index (χ0n) is 17.0. The summed E-state index contributed by atoms with van der Waals surface area (Å²) in [6.45, 7) is 1.62. The average molecular weight is 418 g/mol. The van der Waals surface area contributed by atoms with Crippen LogP contribution in [0.5, 0.6) is 5.75 Å². The standard InChI is InChI=1S/C24H19FN2O4/c1-15-26-21-6-4-3-5-20(21)23(28)27(15)19-10-7-16(8-11-19)24(29)31-14-17-13-18(25)9-12-22(17)30-2/h3-13H,14H2,1-2H3. The summed E-state index contributed by atoms with van der Waals surface area (Å²) in [5, 5.41) is 0.514. The maximum absolute atomic E-state index is 13.5. The third-order valence-corrected chi connectivity index (χ3v) is 4.91. The molecule has 3 aromatic carbocycles. The molecule has 1 heterocycles. The molecule has 4 rings (SSSR count). The molecular weight excluding hydrogens is 399 g/mol. The second-order valence-electron chi connectivity index (χ2n) is 6.90. The Morgan fingerprint density at radius 2 is 1.81 bits per heavy atom. The molecule has 0 saturated heterocycles. The van der Waals surface area contributed by atoms with Gasteiger partial charge in [0.15, 0.2) is 0 Å². The second kappa shape index (κ2) is 8.39. The Labute approximate surface area is 177 Å². The Balaban J connectivity index is 1.56. The molecule has 0 aliphatic rings. The zero-order chi connectivity index (χ0) is 22.0. The molecule has 0 radical (unpaired) electrons. The molecule has 0 saturated carbocycles. The van der Waals surface area contributed by atoms with E-state index in [1.54, 1.807) is 49.4 Å². The molecule has 1 aromatic heterocycles. The first-order chi connectivity index (χ1) is 15.0. The fourth-order valence-electron chi connectivity index (χ4n) is 3.38. The Kier molecular flexibility index (Phi) is 5.49. The molecule has 6 nitrogen and oxygen atoms in total. The van der Waals surface area contributed by atoms with E-state index in [0.717, 1.165) is 0 Å². The lowest BCUT2D eigenvalue weighted by Crippen LogP contribution is -2.22. The number of ether oxygens (including phenoxy) is 2. The van der Waals surface area contributed by atoms with E-state index in [0.29, 0.717) is 39.3 Å². The number of rotatable bonds is 5. The van der Waals surface area contributed by atoms with Gasteiger partial charge in [-0.1, -0.05) is 12.1 Å². The largest absolute Gasteiger partial charge is 0.496 e. The summed E-state index contributed by atoms with van der Waals surface area (Å²) in [6, 6.07) is 17.6. The van der Waals surface area contributed by atoms with E-state index in [1.165, 1.54) is 29.9 Å². The lowest BCUT2D eigenvalue weighted by molar-refractivity contribution is 0.0469. The number of carbonyl (C=O) groups excluding carboxylic acids is 1. The van der Waals surface area contributed by atoms with E-state index in [-0.39, 0.29) is 12.2 Å². The molecule has 0 aliphatic heterocycles. The monoisotopic (exact) mass is 418 g/mol. The van der Waals surface area contributed by atoms with Crippen molar-refractivity contribution < 1.29 is 18.7 Å². The van der Waals surface area contributed by atoms with Crippen LogP contribution < -0.4 is 10.3 Å². The number of para-hydroxylation sites is 1. The van der Waals surface area contributed by atoms with Crippen molar-refractivity contribution in [2.75, 3.05) is 7.11 Å². The van der Waals surface area contributed by atoms with Crippen molar-refractivity contribution in [2.45, 2.75) is 13.5 Å². The predicted molar refractivity (Wildman–Crippen MR) is 114 cm³/mol. The highest BCUT2D eigenvalue weighted by Crippen LogP contribution is 2.21. The highest BCUT2D eigenvalue weighted by atomic mass is 19.1. The number of methoxy groups -OCH3 is 1. The number of benzene rings is 3. The van der Waals surface area contributed by atoms with Crippen LogP contribution in [0.15, 0.2) is 71.5 Å². The summed E-state index contributed by atoms with van der Waals surface area (Å²) in [6.07, 6.45) is 0. The molecule has 0 N–H and O–H groups in total. The van der Waals surface area contributed by atoms with Crippen molar-refractivity contribution in [3.63, 3.8) is 0 Å². The molecule has 0 atom stereocenters. The second-order valence-corrected chi connectivity index (χ2v) is 6.90. The SMILES string of the molecule is COc1ccc(F)cc1COC(=O)c1ccc(-n2c(C)nc3ccccc3c2=O)cc1. The summed E-state index contributed by atoms with van der Waals surface area (Å²) < 4.78 is 25.4. The smallest absolute Gasteiger partial charge is 0.338 e. The van der Waals surface area contributed by atoms with Gasteiger partial charge >= 0.3 is 5.97 Å². The van der Waals surface area contributed by atoms with E-state index in [9.17, 15) is 14.0 Å². The molecule has 0 bridgehead atoms. The van der Waals surface area contributed by atoms with Gasteiger partial charge in [-0.2, -0.15) is 0 Å². The quantitative estimate of drug-likeness (QED) is 0.455. The van der Waals surface area contributed by atoms with Crippen molar-refractivity contribution in [1.29, 1.82) is 0 Å². The van der Waals surface area contributed by atoms with Gasteiger partial charge in [-0.15, -0.1) is 0 Å². The van der Waals surface area contributed by atoms with E-state index < -0.39 is 11.8 Å². The van der Waals surface area contributed by atoms with E-state index in [4.69, 9.17) is 9.47 Å². The molecule has 0 amide bonds. The Bertz CT molecular complexity index is 1330. The van der Waals surface area contributed by atoms with Gasteiger partial charge in [0.05, 0.1) is 29.3 Å². The first-order valence-corrected chi connectivity index (χ1v) is 9.56. The summed E-state index contributed by atoms with van der Waals surface area (Å²) >= 11 is 0. The van der Waals surface area contributed by atoms with Crippen molar-refractivity contribution >= 4 is 16.9 Å². The average Bonchev–Trinajstić information content (AvgIpc) is 2.78. The molecule has 0 fully saturated rings. The number of aryl methyl sites for hydroxylation is 1. The summed E-state index contributed by atoms with van der Waals surface area (Å²) in [5.41, 5.74) is 1.77. The summed E-state index contributed by atoms with van der Waals surface area (Å²) in [5.74, 6) is -0.0417. The first-order valence-electron chi connectivity index (χ1n) is 9.56. The Morgan fingerprint density at radius 1 is 1.06 bits per heavy atom. The van der Waals surface area contributed by atoms with Gasteiger partial charge in [-0.3, -0.25) is 9.36 Å². The molecule has 0 aliphatic carbocycles. The van der Waals surface area contributed by atoms with E-state index >= 15 is 0 Å². The van der Waals surface area contributed by atoms with Gasteiger partial charge in [-0.05, 0) is 61.5 Å². The molecule has 7 heteroatoms. The van der Waals surface area contributed by atoms with Gasteiger partial charge in [0.25, 0.3) is 5.56 Å². The van der Waals surface area contributed by atoms with Crippen LogP contribution in [0.4, 0.5) is 4.39 Å². The molecule has 4 aromatic rings. The number of nitrogens with zero attached hydrogens (tertiary/aromatic N) is 2. The summed E-state index contributed by atoms with van der Waals surface area (Å²) in [4.78, 5) is 29.8. The van der Waals surface area contributed by atoms with Gasteiger partial charge in [0, 0.05) is 5.56 Å². The highest BCUT2D eigenvalue weighted by molar-refractivity contribution is 5.89. The molecule has 156 valence electrons. The highest BCUT2D eigenvalue weighted by Gasteiger charge is 2.13. The maximum atomic E-state index is 13.5. The Hall–Kier alpha value is -4.00. The topological polar surface area (TPSA) is 70.4 Å². The number of halogens is 1. The van der Waals surface area contributed by atoms with Crippen LogP contribution in [-0.2, 0) is 11.3 Å². The van der Waals surface area contributed by atoms with Crippen molar-refractivity contribution in [3.8, 4) is 11.4 Å². The number of carbonyl (C=O) groups is 1. The maximum Gasteiger partial charge on any atom is 0.338 e. The van der Waals surface area contributed by atoms with Crippen LogP contribution in [-0.4, -0.2) is 22.6 Å². The van der Waals surface area contributed by atoms with E-state index in [1.807, 2.05) is 6.07 Å². The zero-order valence-corrected chi connectivity index (χ0v) is 17.0. The number of hydrogen-bond donors (Lipinski definition) is 0. The van der Waals surface area contributed by atoms with Crippen LogP contribution in [0.25, 0.3) is 16.6 Å². The van der Waals surface area contributed by atoms with Crippen LogP contribution in [0, 0.1) is 12.7 Å². The Morgan fingerprint density at radius 3 is 2.55 bits per heavy atom. The van der Waals surface area contributed by atoms with Crippen molar-refractivity contribution in [2.24, 2.45) is 0 Å². The fourth-order valence-corrected chi connectivity index (χ4v) is 3.38. The summed E-state index contributed by atoms with van der Waals surface area (Å²) in [7, 11) is 1.46. The van der Waals surface area contributed by atoms with Crippen molar-refractivity contribution in [1.82, 2.24) is 9.55 Å². The van der Waals surface area contributed by atoms with E-state index in [2.05, 4.69) is 4.98 Å². The number of hydrogen-bond acceptors (Lipinski definition) is 5. The number of aromatic nitrogens is 2. The lowest BCUT2D eigenvalue weighted by atomic mass is 10.2.